The topological polar surface area (TPSA) is 63.2 Å². The first-order valence-electron chi connectivity index (χ1n) is 5.82. The fourth-order valence-electron chi connectivity index (χ4n) is 1.96. The molecule has 1 aliphatic rings. The number of nitrogens with zero attached hydrogens (tertiary/aromatic N) is 1. The van der Waals surface area contributed by atoms with Crippen molar-refractivity contribution >= 4 is 11.6 Å². The highest BCUT2D eigenvalue weighted by Gasteiger charge is 2.21. The molecular weight excluding hydrogens is 218 g/mol. The van der Waals surface area contributed by atoms with Crippen LogP contribution in [0.1, 0.15) is 12.8 Å². The van der Waals surface area contributed by atoms with Gasteiger partial charge in [-0.3, -0.25) is 4.79 Å². The summed E-state index contributed by atoms with van der Waals surface area (Å²) in [7, 11) is 1.54. The number of pyridine rings is 1. The van der Waals surface area contributed by atoms with Crippen LogP contribution in [0.4, 0.5) is 5.69 Å². The summed E-state index contributed by atoms with van der Waals surface area (Å²) in [6.07, 6.45) is 3.61. The second-order valence-corrected chi connectivity index (χ2v) is 4.09. The molecule has 17 heavy (non-hydrogen) atoms. The van der Waals surface area contributed by atoms with Crippen LogP contribution in [0.2, 0.25) is 0 Å². The number of hydrogen-bond donors (Lipinski definition) is 2. The normalized spacial score (nSPS) is 19.7. The summed E-state index contributed by atoms with van der Waals surface area (Å²) in [6.45, 7) is 1.74. The minimum atomic E-state index is 0.0310. The maximum atomic E-state index is 12.0. The summed E-state index contributed by atoms with van der Waals surface area (Å²) in [5.41, 5.74) is 0.630. The Bertz CT molecular complexity index is 389. The Kier molecular flexibility index (Phi) is 3.93. The first-order chi connectivity index (χ1) is 8.31. The third kappa shape index (κ3) is 2.94. The smallest absolute Gasteiger partial charge is 0.237 e. The van der Waals surface area contributed by atoms with Crippen molar-refractivity contribution in [3.63, 3.8) is 0 Å². The monoisotopic (exact) mass is 235 g/mol. The number of methoxy groups -OCH3 is 1. The maximum Gasteiger partial charge on any atom is 0.237 e. The lowest BCUT2D eigenvalue weighted by Gasteiger charge is -2.22. The molecule has 0 saturated carbocycles. The third-order valence-corrected chi connectivity index (χ3v) is 2.89. The minimum Gasteiger partial charge on any atom is -0.480 e. The molecule has 0 bridgehead atoms. The Morgan fingerprint density at radius 3 is 3.24 bits per heavy atom. The first-order valence-corrected chi connectivity index (χ1v) is 5.82. The molecule has 1 amide bonds. The second kappa shape index (κ2) is 5.63. The first kappa shape index (κ1) is 11.9. The number of amides is 1. The van der Waals surface area contributed by atoms with E-state index in [1.54, 1.807) is 25.4 Å². The molecule has 0 radical (unpaired) electrons. The van der Waals surface area contributed by atoms with E-state index >= 15 is 0 Å². The van der Waals surface area contributed by atoms with Crippen LogP contribution >= 0.6 is 0 Å². The summed E-state index contributed by atoms with van der Waals surface area (Å²) in [6, 6.07) is 3.57. The number of piperidine rings is 1. The van der Waals surface area contributed by atoms with Gasteiger partial charge in [0.2, 0.25) is 11.8 Å². The number of aromatic nitrogens is 1. The fraction of sp³-hybridized carbons (Fsp3) is 0.500. The lowest BCUT2D eigenvalue weighted by Crippen LogP contribution is -2.37. The van der Waals surface area contributed by atoms with Gasteiger partial charge >= 0.3 is 0 Å². The van der Waals surface area contributed by atoms with Gasteiger partial charge in [0.1, 0.15) is 5.69 Å². The molecule has 1 atom stereocenters. The Hall–Kier alpha value is -1.62. The van der Waals surface area contributed by atoms with Gasteiger partial charge in [0.15, 0.2) is 0 Å². The van der Waals surface area contributed by atoms with E-state index in [4.69, 9.17) is 4.74 Å². The zero-order chi connectivity index (χ0) is 12.1. The van der Waals surface area contributed by atoms with Crippen LogP contribution in [-0.4, -0.2) is 31.1 Å². The lowest BCUT2D eigenvalue weighted by molar-refractivity contribution is -0.120. The molecule has 2 N–H and O–H groups in total. The van der Waals surface area contributed by atoms with Crippen molar-refractivity contribution in [2.45, 2.75) is 12.8 Å². The molecule has 0 spiro atoms. The molecule has 0 aliphatic carbocycles. The number of anilines is 1. The van der Waals surface area contributed by atoms with E-state index in [1.165, 1.54) is 0 Å². The van der Waals surface area contributed by atoms with Crippen molar-refractivity contribution in [1.82, 2.24) is 10.3 Å². The molecule has 1 fully saturated rings. The van der Waals surface area contributed by atoms with Crippen LogP contribution in [0.5, 0.6) is 5.88 Å². The Morgan fingerprint density at radius 1 is 1.65 bits per heavy atom. The molecule has 1 saturated heterocycles. The summed E-state index contributed by atoms with van der Waals surface area (Å²) in [5, 5.41) is 6.09. The molecule has 2 rings (SSSR count). The Balaban J connectivity index is 2.01. The van der Waals surface area contributed by atoms with Gasteiger partial charge in [0, 0.05) is 12.7 Å². The van der Waals surface area contributed by atoms with Crippen LogP contribution in [0, 0.1) is 5.92 Å². The van der Waals surface area contributed by atoms with E-state index in [1.807, 2.05) is 0 Å². The summed E-state index contributed by atoms with van der Waals surface area (Å²) in [5.74, 6) is 0.516. The summed E-state index contributed by atoms with van der Waals surface area (Å²) < 4.78 is 5.09. The van der Waals surface area contributed by atoms with Gasteiger partial charge in [-0.1, -0.05) is 0 Å². The molecule has 5 heteroatoms. The number of hydrogen-bond acceptors (Lipinski definition) is 4. The largest absolute Gasteiger partial charge is 0.480 e. The number of ether oxygens (including phenoxy) is 1. The molecule has 0 aromatic carbocycles. The molecule has 5 nitrogen and oxygen atoms in total. The van der Waals surface area contributed by atoms with E-state index in [0.29, 0.717) is 11.6 Å². The number of carbonyl (C=O) groups is 1. The van der Waals surface area contributed by atoms with Crippen molar-refractivity contribution < 1.29 is 9.53 Å². The Morgan fingerprint density at radius 2 is 2.53 bits per heavy atom. The molecule has 1 aromatic heterocycles. The van der Waals surface area contributed by atoms with E-state index in [9.17, 15) is 4.79 Å². The molecular formula is C12H17N3O2. The number of nitrogens with one attached hydrogen (secondary N) is 2. The van der Waals surface area contributed by atoms with Crippen molar-refractivity contribution in [2.75, 3.05) is 25.5 Å². The SMILES string of the molecule is COc1ncccc1NC(=O)[C@@H]1CCCNC1. The van der Waals surface area contributed by atoms with Crippen molar-refractivity contribution in [3.8, 4) is 5.88 Å². The van der Waals surface area contributed by atoms with Gasteiger partial charge in [-0.15, -0.1) is 0 Å². The van der Waals surface area contributed by atoms with E-state index in [2.05, 4.69) is 15.6 Å². The third-order valence-electron chi connectivity index (χ3n) is 2.89. The highest BCUT2D eigenvalue weighted by molar-refractivity contribution is 5.93. The molecule has 1 aromatic rings. The van der Waals surface area contributed by atoms with Crippen molar-refractivity contribution in [3.05, 3.63) is 18.3 Å². The zero-order valence-corrected chi connectivity index (χ0v) is 9.90. The minimum absolute atomic E-state index is 0.0310. The molecule has 0 unspecified atom stereocenters. The van der Waals surface area contributed by atoms with Crippen LogP contribution in [-0.2, 0) is 4.79 Å². The van der Waals surface area contributed by atoms with Crippen molar-refractivity contribution in [1.29, 1.82) is 0 Å². The summed E-state index contributed by atoms with van der Waals surface area (Å²) in [4.78, 5) is 16.0. The lowest BCUT2D eigenvalue weighted by atomic mass is 9.99. The highest BCUT2D eigenvalue weighted by atomic mass is 16.5. The van der Waals surface area contributed by atoms with Crippen LogP contribution in [0.15, 0.2) is 18.3 Å². The number of rotatable bonds is 3. The van der Waals surface area contributed by atoms with E-state index in [0.717, 1.165) is 25.9 Å². The summed E-state index contributed by atoms with van der Waals surface area (Å²) >= 11 is 0. The van der Waals surface area contributed by atoms with Gasteiger partial charge in [0.25, 0.3) is 0 Å². The maximum absolute atomic E-state index is 12.0. The average Bonchev–Trinajstić information content (AvgIpc) is 2.40. The van der Waals surface area contributed by atoms with Crippen molar-refractivity contribution in [2.24, 2.45) is 5.92 Å². The fourth-order valence-corrected chi connectivity index (χ4v) is 1.96. The second-order valence-electron chi connectivity index (χ2n) is 4.09. The van der Waals surface area contributed by atoms with Gasteiger partial charge < -0.3 is 15.4 Å². The molecule has 92 valence electrons. The predicted octanol–water partition coefficient (Wildman–Crippen LogP) is 1.03. The van der Waals surface area contributed by atoms with Crippen LogP contribution in [0.3, 0.4) is 0 Å². The highest BCUT2D eigenvalue weighted by Crippen LogP contribution is 2.21. The van der Waals surface area contributed by atoms with Gasteiger partial charge in [-0.25, -0.2) is 4.98 Å². The molecule has 2 heterocycles. The van der Waals surface area contributed by atoms with Gasteiger partial charge in [-0.05, 0) is 31.5 Å². The van der Waals surface area contributed by atoms with Gasteiger partial charge in [-0.2, -0.15) is 0 Å². The zero-order valence-electron chi connectivity index (χ0n) is 9.90. The van der Waals surface area contributed by atoms with Gasteiger partial charge in [0.05, 0.1) is 13.0 Å². The van der Waals surface area contributed by atoms with E-state index < -0.39 is 0 Å². The average molecular weight is 235 g/mol. The number of carbonyl (C=O) groups excluding carboxylic acids is 1. The quantitative estimate of drug-likeness (QED) is 0.821. The molecule has 1 aliphatic heterocycles. The standard InChI is InChI=1S/C12H17N3O2/c1-17-12-10(5-3-7-14-12)15-11(16)9-4-2-6-13-8-9/h3,5,7,9,13H,2,4,6,8H2,1H3,(H,15,16)/t9-/m1/s1. The van der Waals surface area contributed by atoms with E-state index in [-0.39, 0.29) is 11.8 Å². The Labute approximate surface area is 101 Å². The van der Waals surface area contributed by atoms with Crippen LogP contribution < -0.4 is 15.4 Å². The predicted molar refractivity (Wildman–Crippen MR) is 65.0 cm³/mol. The van der Waals surface area contributed by atoms with Crippen LogP contribution in [0.25, 0.3) is 0 Å².